The molecule has 1 N–H and O–H groups in total. The highest BCUT2D eigenvalue weighted by atomic mass is 35.5. The van der Waals surface area contributed by atoms with Crippen molar-refractivity contribution in [2.45, 2.75) is 0 Å². The lowest BCUT2D eigenvalue weighted by Gasteiger charge is -1.97. The fraction of sp³-hybridized carbons (Fsp3) is 0. The molecule has 0 saturated heterocycles. The molecule has 86 valence electrons. The maximum atomic E-state index is 9.50. The predicted octanol–water partition coefficient (Wildman–Crippen LogP) is 3.09. The van der Waals surface area contributed by atoms with E-state index in [1.165, 1.54) is 18.5 Å². The number of phenolic OH excluding ortho intramolecular Hbond substituents is 1. The highest BCUT2D eigenvalue weighted by Gasteiger charge is 1.98. The van der Waals surface area contributed by atoms with Crippen LogP contribution in [0.15, 0.2) is 51.2 Å². The summed E-state index contributed by atoms with van der Waals surface area (Å²) in [5.74, 6) is 0.712. The van der Waals surface area contributed by atoms with Gasteiger partial charge in [0.15, 0.2) is 0 Å². The van der Waals surface area contributed by atoms with E-state index in [0.717, 1.165) is 0 Å². The smallest absolute Gasteiger partial charge is 0.146 e. The van der Waals surface area contributed by atoms with Gasteiger partial charge in [-0.15, -0.1) is 0 Å². The Kier molecular flexibility index (Phi) is 3.57. The number of halogens is 1. The predicted molar refractivity (Wildman–Crippen MR) is 67.0 cm³/mol. The molecule has 2 aromatic rings. The molecule has 5 heteroatoms. The van der Waals surface area contributed by atoms with E-state index in [1.54, 1.807) is 30.5 Å². The molecule has 0 spiro atoms. The Labute approximate surface area is 103 Å². The summed E-state index contributed by atoms with van der Waals surface area (Å²) in [6, 6.07) is 8.22. The van der Waals surface area contributed by atoms with Gasteiger partial charge in [-0.05, 0) is 30.3 Å². The number of phenols is 1. The van der Waals surface area contributed by atoms with Gasteiger partial charge >= 0.3 is 0 Å². The zero-order chi connectivity index (χ0) is 12.1. The maximum absolute atomic E-state index is 9.50. The summed E-state index contributed by atoms with van der Waals surface area (Å²) in [5, 5.41) is 17.6. The first kappa shape index (κ1) is 11.4. The molecule has 0 aliphatic carbocycles. The van der Waals surface area contributed by atoms with Crippen LogP contribution in [0.2, 0.25) is 5.02 Å². The van der Waals surface area contributed by atoms with Crippen molar-refractivity contribution in [3.63, 3.8) is 0 Å². The Morgan fingerprint density at radius 1 is 1.18 bits per heavy atom. The maximum Gasteiger partial charge on any atom is 0.146 e. The SMILES string of the molecule is Oc1ccc(Cl)cc1/C=N/N=C/c1ccco1. The van der Waals surface area contributed by atoms with E-state index in [-0.39, 0.29) is 5.75 Å². The van der Waals surface area contributed by atoms with Crippen LogP contribution in [0.25, 0.3) is 0 Å². The Bertz CT molecular complexity index is 548. The van der Waals surface area contributed by atoms with Crippen LogP contribution in [0.3, 0.4) is 0 Å². The first-order valence-electron chi connectivity index (χ1n) is 4.84. The molecular formula is C12H9ClN2O2. The van der Waals surface area contributed by atoms with Gasteiger partial charge in [-0.3, -0.25) is 0 Å². The van der Waals surface area contributed by atoms with Crippen molar-refractivity contribution in [3.8, 4) is 5.75 Å². The molecule has 0 unspecified atom stereocenters. The van der Waals surface area contributed by atoms with E-state index in [4.69, 9.17) is 16.0 Å². The number of furan rings is 1. The molecule has 0 radical (unpaired) electrons. The standard InChI is InChI=1S/C12H9ClN2O2/c13-10-3-4-12(16)9(6-10)7-14-15-8-11-2-1-5-17-11/h1-8,16H/b14-7+,15-8+. The normalized spacial score (nSPS) is 11.6. The topological polar surface area (TPSA) is 58.1 Å². The molecule has 0 aliphatic rings. The monoisotopic (exact) mass is 248 g/mol. The fourth-order valence-corrected chi connectivity index (χ4v) is 1.36. The highest BCUT2D eigenvalue weighted by Crippen LogP contribution is 2.19. The van der Waals surface area contributed by atoms with E-state index >= 15 is 0 Å². The van der Waals surface area contributed by atoms with Crippen LogP contribution in [-0.2, 0) is 0 Å². The second-order valence-electron chi connectivity index (χ2n) is 3.21. The summed E-state index contributed by atoms with van der Waals surface area (Å²) in [7, 11) is 0. The third-order valence-corrected chi connectivity index (χ3v) is 2.22. The van der Waals surface area contributed by atoms with E-state index < -0.39 is 0 Å². The minimum Gasteiger partial charge on any atom is -0.507 e. The zero-order valence-corrected chi connectivity index (χ0v) is 9.50. The Morgan fingerprint density at radius 3 is 2.76 bits per heavy atom. The molecule has 1 heterocycles. The third kappa shape index (κ3) is 3.19. The second-order valence-corrected chi connectivity index (χ2v) is 3.64. The molecule has 0 saturated carbocycles. The first-order chi connectivity index (χ1) is 8.25. The average molecular weight is 249 g/mol. The fourth-order valence-electron chi connectivity index (χ4n) is 1.18. The van der Waals surface area contributed by atoms with Gasteiger partial charge in [0.2, 0.25) is 0 Å². The van der Waals surface area contributed by atoms with Gasteiger partial charge in [0, 0.05) is 10.6 Å². The lowest BCUT2D eigenvalue weighted by Crippen LogP contribution is -1.82. The number of benzene rings is 1. The quantitative estimate of drug-likeness (QED) is 0.670. The zero-order valence-electron chi connectivity index (χ0n) is 8.75. The molecule has 17 heavy (non-hydrogen) atoms. The number of hydrogen-bond donors (Lipinski definition) is 1. The highest BCUT2D eigenvalue weighted by molar-refractivity contribution is 6.30. The van der Waals surface area contributed by atoms with E-state index in [0.29, 0.717) is 16.3 Å². The molecular weight excluding hydrogens is 240 g/mol. The molecule has 0 amide bonds. The van der Waals surface area contributed by atoms with Gasteiger partial charge in [0.1, 0.15) is 11.5 Å². The van der Waals surface area contributed by atoms with Crippen LogP contribution >= 0.6 is 11.6 Å². The van der Waals surface area contributed by atoms with Crippen LogP contribution in [0.1, 0.15) is 11.3 Å². The van der Waals surface area contributed by atoms with Gasteiger partial charge in [0.05, 0.1) is 18.7 Å². The minimum absolute atomic E-state index is 0.103. The van der Waals surface area contributed by atoms with Crippen molar-refractivity contribution in [2.24, 2.45) is 10.2 Å². The summed E-state index contributed by atoms with van der Waals surface area (Å²) >= 11 is 5.78. The van der Waals surface area contributed by atoms with Gasteiger partial charge in [-0.2, -0.15) is 10.2 Å². The summed E-state index contributed by atoms with van der Waals surface area (Å²) < 4.78 is 5.03. The summed E-state index contributed by atoms with van der Waals surface area (Å²) in [4.78, 5) is 0. The van der Waals surface area contributed by atoms with Crippen LogP contribution in [0.5, 0.6) is 5.75 Å². The van der Waals surface area contributed by atoms with E-state index in [2.05, 4.69) is 10.2 Å². The molecule has 0 bridgehead atoms. The summed E-state index contributed by atoms with van der Waals surface area (Å²) in [5.41, 5.74) is 0.508. The van der Waals surface area contributed by atoms with Gasteiger partial charge < -0.3 is 9.52 Å². The minimum atomic E-state index is 0.103. The molecule has 0 aliphatic heterocycles. The van der Waals surface area contributed by atoms with Gasteiger partial charge in [-0.1, -0.05) is 11.6 Å². The molecule has 4 nitrogen and oxygen atoms in total. The van der Waals surface area contributed by atoms with Crippen molar-refractivity contribution in [1.82, 2.24) is 0 Å². The molecule has 0 atom stereocenters. The second kappa shape index (κ2) is 5.32. The van der Waals surface area contributed by atoms with Crippen LogP contribution < -0.4 is 0 Å². The van der Waals surface area contributed by atoms with Crippen molar-refractivity contribution in [2.75, 3.05) is 0 Å². The van der Waals surface area contributed by atoms with Crippen molar-refractivity contribution in [3.05, 3.63) is 52.9 Å². The lowest BCUT2D eigenvalue weighted by molar-refractivity contribution is 0.474. The number of aromatic hydroxyl groups is 1. The average Bonchev–Trinajstić information content (AvgIpc) is 2.82. The Balaban J connectivity index is 2.08. The number of rotatable bonds is 3. The molecule has 0 fully saturated rings. The summed E-state index contributed by atoms with van der Waals surface area (Å²) in [6.07, 6.45) is 4.44. The van der Waals surface area contributed by atoms with E-state index in [1.807, 2.05) is 0 Å². The van der Waals surface area contributed by atoms with Crippen LogP contribution in [0, 0.1) is 0 Å². The van der Waals surface area contributed by atoms with Crippen LogP contribution in [0.4, 0.5) is 0 Å². The van der Waals surface area contributed by atoms with Gasteiger partial charge in [0.25, 0.3) is 0 Å². The first-order valence-corrected chi connectivity index (χ1v) is 5.22. The van der Waals surface area contributed by atoms with E-state index in [9.17, 15) is 5.11 Å². The molecule has 2 rings (SSSR count). The largest absolute Gasteiger partial charge is 0.507 e. The molecule has 1 aromatic heterocycles. The molecule has 1 aromatic carbocycles. The Morgan fingerprint density at radius 2 is 2.00 bits per heavy atom. The van der Waals surface area contributed by atoms with Gasteiger partial charge in [-0.25, -0.2) is 0 Å². The van der Waals surface area contributed by atoms with Crippen molar-refractivity contribution < 1.29 is 9.52 Å². The summed E-state index contributed by atoms with van der Waals surface area (Å²) in [6.45, 7) is 0. The lowest BCUT2D eigenvalue weighted by atomic mass is 10.2. The Hall–Kier alpha value is -2.07. The number of nitrogens with zero attached hydrogens (tertiary/aromatic N) is 2. The van der Waals surface area contributed by atoms with Crippen LogP contribution in [-0.4, -0.2) is 17.5 Å². The van der Waals surface area contributed by atoms with Crippen molar-refractivity contribution in [1.29, 1.82) is 0 Å². The number of hydrogen-bond acceptors (Lipinski definition) is 4. The third-order valence-electron chi connectivity index (χ3n) is 1.98. The van der Waals surface area contributed by atoms with Crippen molar-refractivity contribution >= 4 is 24.0 Å².